The first-order chi connectivity index (χ1) is 11.7. The van der Waals surface area contributed by atoms with Gasteiger partial charge in [-0.05, 0) is 51.3 Å². The number of esters is 1. The van der Waals surface area contributed by atoms with Crippen molar-refractivity contribution in [3.8, 4) is 0 Å². The highest BCUT2D eigenvalue weighted by Gasteiger charge is 2.50. The lowest BCUT2D eigenvalue weighted by Gasteiger charge is -2.19. The second kappa shape index (κ2) is 6.33. The van der Waals surface area contributed by atoms with Crippen LogP contribution in [-0.4, -0.2) is 21.7 Å². The van der Waals surface area contributed by atoms with Crippen molar-refractivity contribution in [2.75, 3.05) is 0 Å². The molecular weight excluding hydrogens is 336 g/mol. The van der Waals surface area contributed by atoms with E-state index in [1.165, 1.54) is 0 Å². The summed E-state index contributed by atoms with van der Waals surface area (Å²) in [5, 5.41) is 4.14. The summed E-state index contributed by atoms with van der Waals surface area (Å²) in [6.07, 6.45) is 2.14. The van der Waals surface area contributed by atoms with E-state index in [2.05, 4.69) is 29.3 Å². The van der Waals surface area contributed by atoms with Crippen molar-refractivity contribution in [3.63, 3.8) is 0 Å². The molecule has 1 aliphatic rings. The van der Waals surface area contributed by atoms with Gasteiger partial charge in [0.1, 0.15) is 5.60 Å². The Balaban J connectivity index is 1.72. The van der Waals surface area contributed by atoms with Crippen LogP contribution in [0.1, 0.15) is 50.9 Å². The number of carbonyl (C=O) groups excluding carboxylic acids is 1. The molecule has 0 aliphatic heterocycles. The lowest BCUT2D eigenvalue weighted by molar-refractivity contribution is -0.150. The predicted molar refractivity (Wildman–Crippen MR) is 96.7 cm³/mol. The van der Waals surface area contributed by atoms with Crippen molar-refractivity contribution in [3.05, 3.63) is 53.7 Å². The van der Waals surface area contributed by atoms with E-state index in [-0.39, 0.29) is 11.8 Å². The molecule has 1 fully saturated rings. The second-order valence-electron chi connectivity index (χ2n) is 7.42. The van der Waals surface area contributed by atoms with Gasteiger partial charge in [-0.2, -0.15) is 4.98 Å². The van der Waals surface area contributed by atoms with Crippen molar-refractivity contribution in [2.45, 2.75) is 55.9 Å². The average Bonchev–Trinajstić information content (AvgIpc) is 3.19. The minimum atomic E-state index is -0.558. The van der Waals surface area contributed by atoms with Crippen molar-refractivity contribution in [2.24, 2.45) is 0 Å². The van der Waals surface area contributed by atoms with Crippen LogP contribution in [-0.2, 0) is 21.4 Å². The quantitative estimate of drug-likeness (QED) is 0.499. The zero-order chi connectivity index (χ0) is 18.2. The Morgan fingerprint density at radius 3 is 2.52 bits per heavy atom. The summed E-state index contributed by atoms with van der Waals surface area (Å²) in [7, 11) is 0. The third-order valence-corrected chi connectivity index (χ3v) is 4.42. The van der Waals surface area contributed by atoms with E-state index in [1.807, 2.05) is 45.0 Å². The summed E-state index contributed by atoms with van der Waals surface area (Å²) < 4.78 is 10.6. The maximum Gasteiger partial charge on any atom is 0.334 e. The third-order valence-electron chi connectivity index (χ3n) is 4.12. The largest absolute Gasteiger partial charge is 0.457 e. The molecule has 1 aromatic heterocycles. The van der Waals surface area contributed by atoms with E-state index in [1.54, 1.807) is 0 Å². The number of rotatable bonds is 5. The Morgan fingerprint density at radius 1 is 1.32 bits per heavy atom. The molecule has 1 aromatic carbocycles. The number of ether oxygens (including phenoxy) is 1. The normalized spacial score (nSPS) is 15.7. The second-order valence-corrected chi connectivity index (χ2v) is 7.94. The molecule has 1 heterocycles. The molecule has 0 radical (unpaired) electrons. The zero-order valence-corrected chi connectivity index (χ0v) is 15.6. The fourth-order valence-corrected chi connectivity index (χ4v) is 2.82. The van der Waals surface area contributed by atoms with E-state index in [0.29, 0.717) is 17.3 Å². The fourth-order valence-electron chi connectivity index (χ4n) is 2.67. The van der Waals surface area contributed by atoms with E-state index < -0.39 is 11.6 Å². The number of hydrogen-bond acceptors (Lipinski definition) is 6. The molecular formula is C19H22N2O3S. The SMILES string of the molecule is C=C(Cc1nc(C2(c3ccc(S)cc3)CC2)no1)C(=O)OC(C)(C)C. The number of carbonyl (C=O) groups is 1. The number of aromatic nitrogens is 2. The molecule has 132 valence electrons. The average molecular weight is 358 g/mol. The van der Waals surface area contributed by atoms with E-state index in [9.17, 15) is 4.79 Å². The Morgan fingerprint density at radius 2 is 1.96 bits per heavy atom. The summed E-state index contributed by atoms with van der Waals surface area (Å²) in [5.74, 6) is 0.590. The van der Waals surface area contributed by atoms with E-state index in [0.717, 1.165) is 23.3 Å². The molecule has 0 spiro atoms. The van der Waals surface area contributed by atoms with Crippen LogP contribution in [0.3, 0.4) is 0 Å². The molecule has 6 heteroatoms. The molecule has 0 unspecified atom stereocenters. The molecule has 0 amide bonds. The van der Waals surface area contributed by atoms with Crippen LogP contribution in [0.15, 0.2) is 45.8 Å². The highest BCUT2D eigenvalue weighted by Crippen LogP contribution is 2.52. The van der Waals surface area contributed by atoms with Crippen LogP contribution in [0.4, 0.5) is 0 Å². The first-order valence-corrected chi connectivity index (χ1v) is 8.68. The van der Waals surface area contributed by atoms with Gasteiger partial charge in [0.25, 0.3) is 0 Å². The summed E-state index contributed by atoms with van der Waals surface area (Å²) in [4.78, 5) is 17.4. The minimum absolute atomic E-state index is 0.184. The van der Waals surface area contributed by atoms with E-state index >= 15 is 0 Å². The molecule has 3 rings (SSSR count). The molecule has 0 N–H and O–H groups in total. The van der Waals surface area contributed by atoms with Crippen molar-refractivity contribution in [1.29, 1.82) is 0 Å². The third kappa shape index (κ3) is 3.95. The van der Waals surface area contributed by atoms with Gasteiger partial charge in [-0.15, -0.1) is 12.6 Å². The van der Waals surface area contributed by atoms with Gasteiger partial charge in [0.2, 0.25) is 5.89 Å². The lowest BCUT2D eigenvalue weighted by Crippen LogP contribution is -2.25. The standard InChI is InChI=1S/C19H22N2O3S/c1-12(16(22)23-18(2,3)4)11-15-20-17(21-24-15)19(9-10-19)13-5-7-14(25)8-6-13/h5-8,25H,1,9-11H2,2-4H3. The molecule has 0 bridgehead atoms. The van der Waals surface area contributed by atoms with Gasteiger partial charge in [0.05, 0.1) is 11.8 Å². The van der Waals surface area contributed by atoms with Gasteiger partial charge in [-0.3, -0.25) is 0 Å². The first-order valence-electron chi connectivity index (χ1n) is 8.23. The summed E-state index contributed by atoms with van der Waals surface area (Å²) >= 11 is 4.32. The number of benzene rings is 1. The Labute approximate surface area is 152 Å². The Kier molecular flexibility index (Phi) is 4.49. The van der Waals surface area contributed by atoms with Crippen LogP contribution in [0.2, 0.25) is 0 Å². The van der Waals surface area contributed by atoms with Crippen molar-refractivity contribution < 1.29 is 14.1 Å². The minimum Gasteiger partial charge on any atom is -0.457 e. The van der Waals surface area contributed by atoms with Gasteiger partial charge < -0.3 is 9.26 Å². The maximum atomic E-state index is 12.0. The van der Waals surface area contributed by atoms with Gasteiger partial charge in [0, 0.05) is 10.5 Å². The first kappa shape index (κ1) is 17.7. The van der Waals surface area contributed by atoms with Crippen LogP contribution < -0.4 is 0 Å². The Hall–Kier alpha value is -2.08. The van der Waals surface area contributed by atoms with Gasteiger partial charge in [-0.25, -0.2) is 4.79 Å². The highest BCUT2D eigenvalue weighted by molar-refractivity contribution is 7.80. The van der Waals surface area contributed by atoms with Crippen LogP contribution in [0.5, 0.6) is 0 Å². The van der Waals surface area contributed by atoms with Gasteiger partial charge in [0.15, 0.2) is 5.82 Å². The topological polar surface area (TPSA) is 65.2 Å². The van der Waals surface area contributed by atoms with Gasteiger partial charge in [-0.1, -0.05) is 23.9 Å². The highest BCUT2D eigenvalue weighted by atomic mass is 32.1. The van der Waals surface area contributed by atoms with Crippen LogP contribution in [0, 0.1) is 0 Å². The summed E-state index contributed by atoms with van der Waals surface area (Å²) in [6.45, 7) is 9.22. The lowest BCUT2D eigenvalue weighted by atomic mass is 9.95. The number of thiol groups is 1. The smallest absolute Gasteiger partial charge is 0.334 e. The molecule has 5 nitrogen and oxygen atoms in total. The predicted octanol–water partition coefficient (Wildman–Crippen LogP) is 3.88. The molecule has 25 heavy (non-hydrogen) atoms. The van der Waals surface area contributed by atoms with Gasteiger partial charge >= 0.3 is 5.97 Å². The molecule has 2 aromatic rings. The van der Waals surface area contributed by atoms with Crippen molar-refractivity contribution in [1.82, 2.24) is 10.1 Å². The molecule has 1 saturated carbocycles. The fraction of sp³-hybridized carbons (Fsp3) is 0.421. The number of nitrogens with zero attached hydrogens (tertiary/aromatic N) is 2. The molecule has 0 atom stereocenters. The summed E-state index contributed by atoms with van der Waals surface area (Å²) in [6, 6.07) is 8.02. The maximum absolute atomic E-state index is 12.0. The number of hydrogen-bond donors (Lipinski definition) is 1. The van der Waals surface area contributed by atoms with Crippen LogP contribution in [0.25, 0.3) is 0 Å². The molecule has 0 saturated heterocycles. The van der Waals surface area contributed by atoms with Crippen molar-refractivity contribution >= 4 is 18.6 Å². The van der Waals surface area contributed by atoms with Crippen LogP contribution >= 0.6 is 12.6 Å². The zero-order valence-electron chi connectivity index (χ0n) is 14.7. The summed E-state index contributed by atoms with van der Waals surface area (Å²) in [5.41, 5.74) is 0.714. The monoisotopic (exact) mass is 358 g/mol. The van der Waals surface area contributed by atoms with E-state index in [4.69, 9.17) is 9.26 Å². The molecule has 1 aliphatic carbocycles. The Bertz CT molecular complexity index is 799.